The van der Waals surface area contributed by atoms with Gasteiger partial charge in [-0.15, -0.1) is 0 Å². The van der Waals surface area contributed by atoms with Crippen LogP contribution in [0.25, 0.3) is 0 Å². The molecule has 0 aliphatic heterocycles. The summed E-state index contributed by atoms with van der Waals surface area (Å²) in [5.74, 6) is 0. The van der Waals surface area contributed by atoms with E-state index in [1.54, 1.807) is 0 Å². The van der Waals surface area contributed by atoms with Crippen LogP contribution in [0.3, 0.4) is 0 Å². The minimum Gasteiger partial charge on any atom is -0.358 e. The van der Waals surface area contributed by atoms with Gasteiger partial charge in [0.25, 0.3) is 0 Å². The Morgan fingerprint density at radius 1 is 0.909 bits per heavy atom. The van der Waals surface area contributed by atoms with Crippen molar-refractivity contribution in [1.29, 1.82) is 0 Å². The normalized spacial score (nSPS) is 5.55. The Hall–Kier alpha value is 0.856. The number of benzene rings is 1. The summed E-state index contributed by atoms with van der Waals surface area (Å²) in [6, 6.07) is 10.3. The van der Waals surface area contributed by atoms with E-state index in [4.69, 9.17) is 0 Å². The molecule has 0 N–H and O–H groups in total. The van der Waals surface area contributed by atoms with Crippen LogP contribution in [0.5, 0.6) is 0 Å². The molecule has 0 aromatic heterocycles. The van der Waals surface area contributed by atoms with Crippen LogP contribution in [0.15, 0.2) is 30.3 Å². The van der Waals surface area contributed by atoms with E-state index >= 15 is 0 Å². The Morgan fingerprint density at radius 3 is 1.45 bits per heavy atom. The zero-order valence-corrected chi connectivity index (χ0v) is 12.9. The van der Waals surface area contributed by atoms with Crippen molar-refractivity contribution in [2.24, 2.45) is 0 Å². The van der Waals surface area contributed by atoms with Gasteiger partial charge in [0.05, 0.1) is 0 Å². The number of hydrogen-bond donors (Lipinski definition) is 0. The van der Waals surface area contributed by atoms with Gasteiger partial charge in [0.1, 0.15) is 0 Å². The molecule has 1 aromatic carbocycles. The zero-order valence-electron chi connectivity index (χ0n) is 7.33. The topological polar surface area (TPSA) is 0 Å². The molecule has 0 fully saturated rings. The molecule has 0 heterocycles. The van der Waals surface area contributed by atoms with Gasteiger partial charge in [0, 0.05) is 49.7 Å². The number of hydrogen-bond acceptors (Lipinski definition) is 0. The third kappa shape index (κ3) is 10.9. The summed E-state index contributed by atoms with van der Waals surface area (Å²) in [4.78, 5) is 0. The van der Waals surface area contributed by atoms with Gasteiger partial charge in [0.15, 0.2) is 0 Å². The Bertz CT molecular complexity index is 139. The van der Waals surface area contributed by atoms with Crippen molar-refractivity contribution in [3.63, 3.8) is 0 Å². The average Bonchev–Trinajstić information content (AvgIpc) is 1.69. The molecule has 0 spiro atoms. The van der Waals surface area contributed by atoms with Crippen LogP contribution in [0.2, 0.25) is 0 Å². The van der Waals surface area contributed by atoms with E-state index in [1.807, 2.05) is 18.2 Å². The standard InChI is InChI=1S/C7H8.2CH3.U.V/c1-7-5-3-2-4-6-7;;;;/h2-6H,1H3;2*1H3;;/q;2*-1;;. The maximum Gasteiger partial charge on any atom is 0 e. The maximum absolute atomic E-state index is 2.08. The molecule has 0 saturated heterocycles. The first kappa shape index (κ1) is 22.6. The minimum atomic E-state index is 0. The van der Waals surface area contributed by atoms with Crippen molar-refractivity contribution in [2.45, 2.75) is 6.92 Å². The maximum atomic E-state index is 2.08. The Balaban J connectivity index is -0.0000000612. The molecule has 0 unspecified atom stereocenters. The summed E-state index contributed by atoms with van der Waals surface area (Å²) in [7, 11) is 0. The molecule has 61 valence electrons. The molecule has 1 radical (unpaired) electrons. The molecular formula is C9H14UV-2. The Morgan fingerprint density at radius 2 is 1.27 bits per heavy atom. The van der Waals surface area contributed by atoms with Crippen LogP contribution < -0.4 is 0 Å². The smallest absolute Gasteiger partial charge is 0 e. The zero-order chi connectivity index (χ0) is 5.11. The molecule has 0 atom stereocenters. The largest absolute Gasteiger partial charge is 0.358 e. The van der Waals surface area contributed by atoms with Crippen LogP contribution in [0.1, 0.15) is 5.56 Å². The fraction of sp³-hybridized carbons (Fsp3) is 0.111. The molecule has 1 aromatic rings. The molecule has 0 nitrogen and oxygen atoms in total. The van der Waals surface area contributed by atoms with Crippen molar-refractivity contribution in [2.75, 3.05) is 0 Å². The molecule has 11 heavy (non-hydrogen) atoms. The van der Waals surface area contributed by atoms with Crippen molar-refractivity contribution in [3.8, 4) is 0 Å². The molecule has 2 heteroatoms. The van der Waals surface area contributed by atoms with Gasteiger partial charge in [-0.3, -0.25) is 0 Å². The van der Waals surface area contributed by atoms with E-state index in [2.05, 4.69) is 19.1 Å². The summed E-state index contributed by atoms with van der Waals surface area (Å²) in [6.45, 7) is 2.08. The first-order valence-electron chi connectivity index (χ1n) is 2.41. The molecule has 0 bridgehead atoms. The first-order chi connectivity index (χ1) is 3.39. The Kier molecular flexibility index (Phi) is 27.7. The summed E-state index contributed by atoms with van der Waals surface area (Å²) in [6.07, 6.45) is 0. The van der Waals surface area contributed by atoms with E-state index in [-0.39, 0.29) is 64.5 Å². The van der Waals surface area contributed by atoms with Crippen LogP contribution in [-0.2, 0) is 18.6 Å². The van der Waals surface area contributed by atoms with Crippen LogP contribution in [0, 0.1) is 52.9 Å². The minimum absolute atomic E-state index is 0. The molecule has 0 amide bonds. The molecule has 0 saturated carbocycles. The first-order valence-corrected chi connectivity index (χ1v) is 2.41. The van der Waals surface area contributed by atoms with Crippen molar-refractivity contribution in [1.82, 2.24) is 0 Å². The quantitative estimate of drug-likeness (QED) is 0.577. The molecule has 0 aliphatic carbocycles. The van der Waals surface area contributed by atoms with Gasteiger partial charge >= 0.3 is 0 Å². The van der Waals surface area contributed by atoms with E-state index in [0.717, 1.165) is 0 Å². The third-order valence-corrected chi connectivity index (χ3v) is 0.940. The van der Waals surface area contributed by atoms with E-state index in [1.165, 1.54) is 5.56 Å². The summed E-state index contributed by atoms with van der Waals surface area (Å²) >= 11 is 0. The van der Waals surface area contributed by atoms with Gasteiger partial charge < -0.3 is 14.9 Å². The van der Waals surface area contributed by atoms with E-state index in [9.17, 15) is 0 Å². The van der Waals surface area contributed by atoms with Crippen molar-refractivity contribution in [3.05, 3.63) is 50.7 Å². The monoisotopic (exact) mass is 411 g/mol. The van der Waals surface area contributed by atoms with Crippen LogP contribution in [-0.4, -0.2) is 0 Å². The van der Waals surface area contributed by atoms with Crippen LogP contribution in [0.4, 0.5) is 0 Å². The van der Waals surface area contributed by atoms with Gasteiger partial charge in [-0.05, 0) is 6.92 Å². The second-order valence-electron chi connectivity index (χ2n) is 1.65. The van der Waals surface area contributed by atoms with Gasteiger partial charge in [0.2, 0.25) is 0 Å². The van der Waals surface area contributed by atoms with Crippen molar-refractivity contribution < 1.29 is 49.7 Å². The SMILES string of the molecule is Cc1ccccc1.[CH3-].[CH3-].[U].[V]. The number of aryl methyl sites for hydroxylation is 1. The molecule has 0 aliphatic rings. The molecule has 1 rings (SSSR count). The fourth-order valence-corrected chi connectivity index (χ4v) is 0.534. The Labute approximate surface area is 106 Å². The van der Waals surface area contributed by atoms with Gasteiger partial charge in [-0.2, -0.15) is 0 Å². The van der Waals surface area contributed by atoms with Gasteiger partial charge in [-0.1, -0.05) is 35.9 Å². The fourth-order valence-electron chi connectivity index (χ4n) is 0.534. The molecular weight excluding hydrogens is 397 g/mol. The third-order valence-electron chi connectivity index (χ3n) is 0.940. The second-order valence-corrected chi connectivity index (χ2v) is 1.65. The summed E-state index contributed by atoms with van der Waals surface area (Å²) < 4.78 is 0. The van der Waals surface area contributed by atoms with Crippen molar-refractivity contribution >= 4 is 0 Å². The van der Waals surface area contributed by atoms with E-state index in [0.29, 0.717) is 0 Å². The predicted molar refractivity (Wildman–Crippen MR) is 44.0 cm³/mol. The second kappa shape index (κ2) is 13.4. The van der Waals surface area contributed by atoms with Crippen LogP contribution >= 0.6 is 0 Å². The summed E-state index contributed by atoms with van der Waals surface area (Å²) in [5, 5.41) is 0. The van der Waals surface area contributed by atoms with Gasteiger partial charge in [-0.25, -0.2) is 0 Å². The average molecular weight is 411 g/mol. The summed E-state index contributed by atoms with van der Waals surface area (Å²) in [5.41, 5.74) is 1.32. The number of rotatable bonds is 0. The predicted octanol–water partition coefficient (Wildman–Crippen LogP) is 2.89. The van der Waals surface area contributed by atoms with E-state index < -0.39 is 0 Å².